The Balaban J connectivity index is 1.54. The van der Waals surface area contributed by atoms with Crippen LogP contribution in [0.25, 0.3) is 0 Å². The topological polar surface area (TPSA) is 110 Å². The highest BCUT2D eigenvalue weighted by molar-refractivity contribution is 7.90. The number of piperidine rings is 1. The number of hydrogen-bond donors (Lipinski definition) is 0. The summed E-state index contributed by atoms with van der Waals surface area (Å²) in [5.41, 5.74) is 0.983. The molecule has 0 N–H and O–H groups in total. The Bertz CT molecular complexity index is 1210. The van der Waals surface area contributed by atoms with Gasteiger partial charge in [0.05, 0.1) is 22.4 Å². The minimum absolute atomic E-state index is 0.0830. The molecule has 9 nitrogen and oxygen atoms in total. The first-order chi connectivity index (χ1) is 14.5. The SMILES string of the molecule is CS(=O)(=O)c1ccc(N2CCc3c(OC4CCN(S(C)(=O)=O)CC4)ncnc32)c(F)c1. The van der Waals surface area contributed by atoms with E-state index in [0.29, 0.717) is 50.6 Å². The van der Waals surface area contributed by atoms with Crippen LogP contribution < -0.4 is 9.64 Å². The molecule has 12 heteroatoms. The second-order valence-electron chi connectivity index (χ2n) is 7.75. The third-order valence-corrected chi connectivity index (χ3v) is 7.92. The highest BCUT2D eigenvalue weighted by Crippen LogP contribution is 2.38. The first-order valence-corrected chi connectivity index (χ1v) is 13.5. The zero-order chi connectivity index (χ0) is 22.4. The van der Waals surface area contributed by atoms with Crippen molar-refractivity contribution >= 4 is 31.4 Å². The summed E-state index contributed by atoms with van der Waals surface area (Å²) in [4.78, 5) is 10.1. The van der Waals surface area contributed by atoms with Gasteiger partial charge in [0.1, 0.15) is 24.1 Å². The molecular weight excluding hydrogens is 447 g/mol. The largest absolute Gasteiger partial charge is 0.474 e. The van der Waals surface area contributed by atoms with Crippen molar-refractivity contribution in [2.24, 2.45) is 0 Å². The molecule has 1 aromatic heterocycles. The van der Waals surface area contributed by atoms with E-state index in [4.69, 9.17) is 4.74 Å². The Morgan fingerprint density at radius 1 is 1.06 bits per heavy atom. The minimum Gasteiger partial charge on any atom is -0.474 e. The van der Waals surface area contributed by atoms with E-state index in [-0.39, 0.29) is 16.7 Å². The van der Waals surface area contributed by atoms with Crippen LogP contribution >= 0.6 is 0 Å². The van der Waals surface area contributed by atoms with E-state index in [9.17, 15) is 21.2 Å². The quantitative estimate of drug-likeness (QED) is 0.647. The summed E-state index contributed by atoms with van der Waals surface area (Å²) in [7, 11) is -6.72. The number of anilines is 2. The van der Waals surface area contributed by atoms with E-state index in [1.807, 2.05) is 0 Å². The van der Waals surface area contributed by atoms with Crippen molar-refractivity contribution < 1.29 is 26.0 Å². The zero-order valence-electron chi connectivity index (χ0n) is 17.2. The summed E-state index contributed by atoms with van der Waals surface area (Å²) in [5.74, 6) is 0.285. The Morgan fingerprint density at radius 2 is 1.77 bits per heavy atom. The molecule has 0 atom stereocenters. The molecule has 168 valence electrons. The van der Waals surface area contributed by atoms with Crippen LogP contribution in [0.3, 0.4) is 0 Å². The highest BCUT2D eigenvalue weighted by Gasteiger charge is 2.31. The summed E-state index contributed by atoms with van der Waals surface area (Å²) >= 11 is 0. The minimum atomic E-state index is -3.51. The van der Waals surface area contributed by atoms with Crippen molar-refractivity contribution in [3.63, 3.8) is 0 Å². The lowest BCUT2D eigenvalue weighted by molar-refractivity contribution is 0.129. The number of sulfone groups is 1. The van der Waals surface area contributed by atoms with E-state index in [1.165, 1.54) is 29.0 Å². The van der Waals surface area contributed by atoms with Gasteiger partial charge in [-0.25, -0.2) is 35.5 Å². The first kappa shape index (κ1) is 21.9. The molecule has 0 unspecified atom stereocenters. The standard InChI is InChI=1S/C19H23FN4O5S2/c1-30(25,26)14-3-4-17(16(20)11-14)24-10-7-15-18(24)21-12-22-19(15)29-13-5-8-23(9-6-13)31(2,27)28/h3-4,11-13H,5-10H2,1-2H3. The Labute approximate surface area is 180 Å². The molecule has 2 aromatic rings. The van der Waals surface area contributed by atoms with Crippen LogP contribution in [0.1, 0.15) is 18.4 Å². The van der Waals surface area contributed by atoms with Crippen LogP contribution in [0.5, 0.6) is 5.88 Å². The van der Waals surface area contributed by atoms with E-state index in [0.717, 1.165) is 17.9 Å². The second-order valence-corrected chi connectivity index (χ2v) is 11.7. The highest BCUT2D eigenvalue weighted by atomic mass is 32.2. The van der Waals surface area contributed by atoms with Gasteiger partial charge in [-0.15, -0.1) is 0 Å². The number of halogens is 1. The van der Waals surface area contributed by atoms with E-state index in [2.05, 4.69) is 9.97 Å². The van der Waals surface area contributed by atoms with Gasteiger partial charge in [0.2, 0.25) is 15.9 Å². The van der Waals surface area contributed by atoms with Crippen LogP contribution in [-0.4, -0.2) is 69.4 Å². The number of rotatable bonds is 5. The molecule has 3 heterocycles. The zero-order valence-corrected chi connectivity index (χ0v) is 18.8. The molecule has 0 aliphatic carbocycles. The maximum absolute atomic E-state index is 14.7. The lowest BCUT2D eigenvalue weighted by Gasteiger charge is -2.30. The maximum Gasteiger partial charge on any atom is 0.222 e. The number of benzene rings is 1. The summed E-state index contributed by atoms with van der Waals surface area (Å²) in [6.07, 6.45) is 5.05. The van der Waals surface area contributed by atoms with Gasteiger partial charge in [0, 0.05) is 25.9 Å². The van der Waals surface area contributed by atoms with Gasteiger partial charge in [-0.3, -0.25) is 0 Å². The van der Waals surface area contributed by atoms with Crippen molar-refractivity contribution in [2.45, 2.75) is 30.3 Å². The average Bonchev–Trinajstić information content (AvgIpc) is 3.12. The predicted octanol–water partition coefficient (Wildman–Crippen LogP) is 1.52. The number of ether oxygens (including phenoxy) is 1. The Hall–Kier alpha value is -2.31. The summed E-state index contributed by atoms with van der Waals surface area (Å²) in [5, 5.41) is 0. The third kappa shape index (κ3) is 4.51. The van der Waals surface area contributed by atoms with Crippen LogP contribution in [-0.2, 0) is 26.3 Å². The van der Waals surface area contributed by atoms with Crippen LogP contribution in [0.2, 0.25) is 0 Å². The molecule has 0 radical (unpaired) electrons. The van der Waals surface area contributed by atoms with Crippen molar-refractivity contribution in [3.8, 4) is 5.88 Å². The van der Waals surface area contributed by atoms with Gasteiger partial charge in [-0.1, -0.05) is 0 Å². The fourth-order valence-electron chi connectivity index (χ4n) is 3.88. The summed E-state index contributed by atoms with van der Waals surface area (Å²) < 4.78 is 68.9. The van der Waals surface area contributed by atoms with Gasteiger partial charge in [0.15, 0.2) is 9.84 Å². The molecule has 31 heavy (non-hydrogen) atoms. The Morgan fingerprint density at radius 3 is 2.39 bits per heavy atom. The molecule has 2 aliphatic rings. The van der Waals surface area contributed by atoms with E-state index >= 15 is 0 Å². The van der Waals surface area contributed by atoms with Crippen LogP contribution in [0.4, 0.5) is 15.9 Å². The third-order valence-electron chi connectivity index (χ3n) is 5.51. The number of sulfonamides is 1. The summed E-state index contributed by atoms with van der Waals surface area (Å²) in [6, 6.07) is 3.82. The van der Waals surface area contributed by atoms with Crippen molar-refractivity contribution in [3.05, 3.63) is 35.9 Å². The molecule has 0 saturated carbocycles. The molecule has 2 aliphatic heterocycles. The van der Waals surface area contributed by atoms with E-state index in [1.54, 1.807) is 4.90 Å². The van der Waals surface area contributed by atoms with E-state index < -0.39 is 25.7 Å². The molecule has 1 fully saturated rings. The van der Waals surface area contributed by atoms with Crippen LogP contribution in [0.15, 0.2) is 29.4 Å². The molecule has 4 rings (SSSR count). The van der Waals surface area contributed by atoms with Crippen LogP contribution in [0, 0.1) is 5.82 Å². The fourth-order valence-corrected chi connectivity index (χ4v) is 5.39. The predicted molar refractivity (Wildman–Crippen MR) is 112 cm³/mol. The smallest absolute Gasteiger partial charge is 0.222 e. The van der Waals surface area contributed by atoms with Crippen molar-refractivity contribution in [1.82, 2.24) is 14.3 Å². The number of fused-ring (bicyclic) bond motifs is 1. The van der Waals surface area contributed by atoms with Gasteiger partial charge < -0.3 is 9.64 Å². The van der Waals surface area contributed by atoms with Gasteiger partial charge in [-0.05, 0) is 37.5 Å². The molecule has 1 aromatic carbocycles. The molecule has 1 saturated heterocycles. The Kier molecular flexibility index (Phi) is 5.64. The maximum atomic E-state index is 14.7. The van der Waals surface area contributed by atoms with Gasteiger partial charge in [-0.2, -0.15) is 0 Å². The molecule has 0 spiro atoms. The van der Waals surface area contributed by atoms with Gasteiger partial charge in [0.25, 0.3) is 0 Å². The summed E-state index contributed by atoms with van der Waals surface area (Å²) in [6.45, 7) is 1.23. The van der Waals surface area contributed by atoms with Crippen molar-refractivity contribution in [1.29, 1.82) is 0 Å². The number of aromatic nitrogens is 2. The number of hydrogen-bond acceptors (Lipinski definition) is 8. The molecule has 0 bridgehead atoms. The fraction of sp³-hybridized carbons (Fsp3) is 0.474. The molecular formula is C19H23FN4O5S2. The van der Waals surface area contributed by atoms with Gasteiger partial charge >= 0.3 is 0 Å². The lowest BCUT2D eigenvalue weighted by Crippen LogP contribution is -2.41. The normalized spacial score (nSPS) is 18.2. The van der Waals surface area contributed by atoms with Crippen molar-refractivity contribution in [2.75, 3.05) is 37.0 Å². The average molecular weight is 471 g/mol. The monoisotopic (exact) mass is 470 g/mol. The first-order valence-electron chi connectivity index (χ1n) is 9.77. The lowest BCUT2D eigenvalue weighted by atomic mass is 10.1. The second kappa shape index (κ2) is 7.99. The number of nitrogens with zero attached hydrogens (tertiary/aromatic N) is 4. The molecule has 0 amide bonds.